The number of amides is 2. The number of rotatable bonds is 11. The molecule has 0 saturated heterocycles. The summed E-state index contributed by atoms with van der Waals surface area (Å²) >= 11 is 0. The first kappa shape index (κ1) is 28.9. The monoisotopic (exact) mass is 554 g/mol. The summed E-state index contributed by atoms with van der Waals surface area (Å²) in [6.45, 7) is 0.228. The van der Waals surface area contributed by atoms with E-state index < -0.39 is 23.8 Å². The molecule has 4 aromatic rings. The van der Waals surface area contributed by atoms with Crippen LogP contribution < -0.4 is 20.5 Å². The number of methoxy groups -OCH3 is 2. The molecule has 0 aliphatic carbocycles. The van der Waals surface area contributed by atoms with Gasteiger partial charge < -0.3 is 20.5 Å². The summed E-state index contributed by atoms with van der Waals surface area (Å²) in [7, 11) is 4.91. The van der Waals surface area contributed by atoms with Gasteiger partial charge in [-0.15, -0.1) is 0 Å². The predicted molar refractivity (Wildman–Crippen MR) is 156 cm³/mol. The number of nitrogens with two attached hydrogens (primary N) is 1. The Balaban J connectivity index is 1.57. The number of benzene rings is 3. The molecule has 0 aliphatic heterocycles. The van der Waals surface area contributed by atoms with Crippen LogP contribution in [0.5, 0.6) is 11.5 Å². The molecular formula is C31H34N6O4. The second-order valence-electron chi connectivity index (χ2n) is 9.48. The quantitative estimate of drug-likeness (QED) is 0.192. The molecular weight excluding hydrogens is 520 g/mol. The maximum atomic E-state index is 13.7. The van der Waals surface area contributed by atoms with Crippen LogP contribution in [0.1, 0.15) is 16.7 Å². The van der Waals surface area contributed by atoms with Crippen LogP contribution in [0.3, 0.4) is 0 Å². The Bertz CT molecular complexity index is 1520. The van der Waals surface area contributed by atoms with E-state index in [1.165, 1.54) is 14.2 Å². The fourth-order valence-corrected chi connectivity index (χ4v) is 4.67. The van der Waals surface area contributed by atoms with E-state index in [1.54, 1.807) is 29.1 Å². The van der Waals surface area contributed by atoms with Crippen molar-refractivity contribution in [1.29, 1.82) is 5.41 Å². The van der Waals surface area contributed by atoms with Crippen LogP contribution in [0, 0.1) is 5.41 Å². The molecule has 212 valence electrons. The third-order valence-electron chi connectivity index (χ3n) is 6.73. The van der Waals surface area contributed by atoms with Crippen molar-refractivity contribution in [2.75, 3.05) is 14.2 Å². The van der Waals surface area contributed by atoms with Crippen LogP contribution in [-0.4, -0.2) is 52.7 Å². The van der Waals surface area contributed by atoms with Crippen LogP contribution in [0.25, 0.3) is 11.3 Å². The first-order valence-electron chi connectivity index (χ1n) is 13.1. The van der Waals surface area contributed by atoms with Gasteiger partial charge in [-0.3, -0.25) is 24.6 Å². The zero-order valence-corrected chi connectivity index (χ0v) is 23.3. The van der Waals surface area contributed by atoms with Crippen molar-refractivity contribution in [3.8, 4) is 22.8 Å². The minimum atomic E-state index is -1.04. The molecule has 10 heteroatoms. The van der Waals surface area contributed by atoms with E-state index >= 15 is 0 Å². The molecule has 0 unspecified atom stereocenters. The van der Waals surface area contributed by atoms with E-state index in [1.807, 2.05) is 67.7 Å². The van der Waals surface area contributed by atoms with E-state index in [0.717, 1.165) is 27.3 Å². The fourth-order valence-electron chi connectivity index (χ4n) is 4.67. The molecule has 0 radical (unpaired) electrons. The summed E-state index contributed by atoms with van der Waals surface area (Å²) in [5, 5.41) is 15.4. The zero-order valence-electron chi connectivity index (χ0n) is 23.3. The smallest absolute Gasteiger partial charge is 0.243 e. The topological polar surface area (TPSA) is 136 Å². The lowest BCUT2D eigenvalue weighted by atomic mass is 10.0. The Labute approximate surface area is 239 Å². The second kappa shape index (κ2) is 13.3. The number of carbonyl (C=O) groups is 2. The minimum absolute atomic E-state index is 0.0920. The molecule has 1 heterocycles. The maximum Gasteiger partial charge on any atom is 0.243 e. The molecule has 0 saturated carbocycles. The van der Waals surface area contributed by atoms with Crippen LogP contribution >= 0.6 is 0 Å². The number of ether oxygens (including phenoxy) is 2. The first-order chi connectivity index (χ1) is 19.8. The maximum absolute atomic E-state index is 13.7. The molecule has 4 rings (SSSR count). The number of hydrogen-bond acceptors (Lipinski definition) is 6. The van der Waals surface area contributed by atoms with Gasteiger partial charge in [-0.25, -0.2) is 0 Å². The number of aromatic nitrogens is 2. The fraction of sp³-hybridized carbons (Fsp3) is 0.226. The van der Waals surface area contributed by atoms with Crippen molar-refractivity contribution < 1.29 is 19.1 Å². The van der Waals surface area contributed by atoms with Gasteiger partial charge in [-0.1, -0.05) is 54.6 Å². The normalized spacial score (nSPS) is 11.4. The largest absolute Gasteiger partial charge is 0.493 e. The van der Waals surface area contributed by atoms with Crippen molar-refractivity contribution >= 4 is 17.8 Å². The SMILES string of the molecule is COc1ccc(CC(=O)N(C(=N)N)[C@H](Cc2ccccc2)C(=O)NCc2cccc(-c3ccnn3C)c2)cc1OC. The Morgan fingerprint density at radius 2 is 1.68 bits per heavy atom. The number of carbonyl (C=O) groups excluding carboxylic acids is 2. The molecule has 4 N–H and O–H groups in total. The Kier molecular flexibility index (Phi) is 9.36. The summed E-state index contributed by atoms with van der Waals surface area (Å²) in [5.41, 5.74) is 10.2. The van der Waals surface area contributed by atoms with Gasteiger partial charge in [-0.2, -0.15) is 5.10 Å². The van der Waals surface area contributed by atoms with E-state index in [9.17, 15) is 9.59 Å². The number of nitrogens with one attached hydrogen (secondary N) is 2. The minimum Gasteiger partial charge on any atom is -0.493 e. The van der Waals surface area contributed by atoms with Gasteiger partial charge in [-0.05, 0) is 41.0 Å². The standard InChI is InChI=1S/C31H34N6O4/c1-36-25(14-15-35-36)24-11-7-10-23(16-24)20-34-30(39)26(17-21-8-5-4-6-9-21)37(31(32)33)29(38)19-22-12-13-27(40-2)28(18-22)41-3/h4-16,18,26H,17,19-20H2,1-3H3,(H3,32,33)(H,34,39)/t26-/m1/s1. The van der Waals surface area contributed by atoms with Crippen molar-refractivity contribution in [1.82, 2.24) is 20.0 Å². The number of nitrogens with zero attached hydrogens (tertiary/aromatic N) is 3. The molecule has 0 fully saturated rings. The lowest BCUT2D eigenvalue weighted by Crippen LogP contribution is -2.55. The molecule has 3 aromatic carbocycles. The average molecular weight is 555 g/mol. The molecule has 0 aliphatic rings. The number of hydrogen-bond donors (Lipinski definition) is 3. The number of aryl methyl sites for hydroxylation is 1. The van der Waals surface area contributed by atoms with Crippen LogP contribution in [0.4, 0.5) is 0 Å². The molecule has 0 bridgehead atoms. The molecule has 1 atom stereocenters. The molecule has 41 heavy (non-hydrogen) atoms. The second-order valence-corrected chi connectivity index (χ2v) is 9.48. The Hall–Kier alpha value is -5.12. The van der Waals surface area contributed by atoms with Crippen LogP contribution in [0.2, 0.25) is 0 Å². The highest BCUT2D eigenvalue weighted by molar-refractivity contribution is 6.01. The van der Waals surface area contributed by atoms with Crippen molar-refractivity contribution in [3.63, 3.8) is 0 Å². The van der Waals surface area contributed by atoms with Gasteiger partial charge in [0.1, 0.15) is 6.04 Å². The summed E-state index contributed by atoms with van der Waals surface area (Å²) in [6, 6.07) is 23.1. The Morgan fingerprint density at radius 1 is 0.951 bits per heavy atom. The predicted octanol–water partition coefficient (Wildman–Crippen LogP) is 3.30. The van der Waals surface area contributed by atoms with Gasteiger partial charge in [0, 0.05) is 31.8 Å². The highest BCUT2D eigenvalue weighted by atomic mass is 16.5. The van der Waals surface area contributed by atoms with Gasteiger partial charge in [0.2, 0.25) is 11.8 Å². The summed E-state index contributed by atoms with van der Waals surface area (Å²) in [4.78, 5) is 28.3. The van der Waals surface area contributed by atoms with Crippen molar-refractivity contribution in [2.24, 2.45) is 12.8 Å². The summed E-state index contributed by atoms with van der Waals surface area (Å²) in [5.74, 6) is -0.417. The number of guanidine groups is 1. The van der Waals surface area contributed by atoms with Crippen LogP contribution in [-0.2, 0) is 36.0 Å². The van der Waals surface area contributed by atoms with Crippen molar-refractivity contribution in [2.45, 2.75) is 25.4 Å². The first-order valence-corrected chi connectivity index (χ1v) is 13.1. The Morgan fingerprint density at radius 3 is 2.34 bits per heavy atom. The van der Waals surface area contributed by atoms with Crippen molar-refractivity contribution in [3.05, 3.63) is 102 Å². The van der Waals surface area contributed by atoms with Gasteiger partial charge >= 0.3 is 0 Å². The highest BCUT2D eigenvalue weighted by Crippen LogP contribution is 2.28. The lowest BCUT2D eigenvalue weighted by Gasteiger charge is -2.30. The zero-order chi connectivity index (χ0) is 29.4. The molecule has 10 nitrogen and oxygen atoms in total. The molecule has 2 amide bonds. The van der Waals surface area contributed by atoms with Gasteiger partial charge in [0.25, 0.3) is 0 Å². The molecule has 1 aromatic heterocycles. The van der Waals surface area contributed by atoms with Gasteiger partial charge in [0.05, 0.1) is 26.3 Å². The summed E-state index contributed by atoms with van der Waals surface area (Å²) in [6.07, 6.45) is 1.82. The third kappa shape index (κ3) is 7.10. The van der Waals surface area contributed by atoms with E-state index in [2.05, 4.69) is 10.4 Å². The summed E-state index contributed by atoms with van der Waals surface area (Å²) < 4.78 is 12.4. The van der Waals surface area contributed by atoms with E-state index in [0.29, 0.717) is 17.1 Å². The van der Waals surface area contributed by atoms with E-state index in [-0.39, 0.29) is 19.4 Å². The lowest BCUT2D eigenvalue weighted by molar-refractivity contribution is -0.135. The average Bonchev–Trinajstić information content (AvgIpc) is 3.41. The highest BCUT2D eigenvalue weighted by Gasteiger charge is 2.32. The van der Waals surface area contributed by atoms with Gasteiger partial charge in [0.15, 0.2) is 17.5 Å². The molecule has 0 spiro atoms. The van der Waals surface area contributed by atoms with Crippen LogP contribution in [0.15, 0.2) is 85.1 Å². The van der Waals surface area contributed by atoms with E-state index in [4.69, 9.17) is 20.6 Å². The third-order valence-corrected chi connectivity index (χ3v) is 6.73.